The molecule has 2 rings (SSSR count). The van der Waals surface area contributed by atoms with E-state index in [9.17, 15) is 0 Å². The Morgan fingerprint density at radius 2 is 2.08 bits per heavy atom. The van der Waals surface area contributed by atoms with Gasteiger partial charge in [0.25, 0.3) is 0 Å². The molecule has 1 aromatic rings. The maximum atomic E-state index is 3.74. The van der Waals surface area contributed by atoms with Crippen LogP contribution in [0.25, 0.3) is 0 Å². The molecule has 0 bridgehead atoms. The molecule has 0 amide bonds. The zero-order valence-electron chi connectivity index (χ0n) is 6.55. The summed E-state index contributed by atoms with van der Waals surface area (Å²) in [5.74, 6) is 0. The lowest BCUT2D eigenvalue weighted by atomic mass is 10.0. The van der Waals surface area contributed by atoms with Crippen LogP contribution in [0.1, 0.15) is 12.5 Å². The topological polar surface area (TPSA) is 0 Å². The predicted octanol–water partition coefficient (Wildman–Crippen LogP) is 4.12. The highest BCUT2D eigenvalue weighted by atomic mass is 79.9. The van der Waals surface area contributed by atoms with E-state index in [4.69, 9.17) is 0 Å². The Morgan fingerprint density at radius 3 is 2.75 bits per heavy atom. The molecular weight excluding hydrogens is 300 g/mol. The molecule has 0 N–H and O–H groups in total. The first-order valence-electron chi connectivity index (χ1n) is 3.71. The number of halogens is 2. The molecule has 2 atom stereocenters. The third-order valence-electron chi connectivity index (χ3n) is 2.07. The molecule has 0 radical (unpaired) electrons. The van der Waals surface area contributed by atoms with E-state index in [1.54, 1.807) is 0 Å². The van der Waals surface area contributed by atoms with Crippen LogP contribution in [0.15, 0.2) is 29.2 Å². The number of hydrogen-bond donors (Lipinski definition) is 0. The van der Waals surface area contributed by atoms with Gasteiger partial charge in [0, 0.05) is 4.90 Å². The molecule has 64 valence electrons. The van der Waals surface area contributed by atoms with Crippen molar-refractivity contribution in [1.29, 1.82) is 0 Å². The second-order valence-corrected chi connectivity index (χ2v) is 7.32. The van der Waals surface area contributed by atoms with Crippen molar-refractivity contribution in [2.24, 2.45) is 0 Å². The first-order chi connectivity index (χ1) is 5.62. The minimum Gasteiger partial charge on any atom is -0.109 e. The van der Waals surface area contributed by atoms with E-state index in [0.717, 1.165) is 0 Å². The van der Waals surface area contributed by atoms with Gasteiger partial charge in [0.15, 0.2) is 0 Å². The minimum atomic E-state index is 0.0776. The molecule has 1 heterocycles. The highest BCUT2D eigenvalue weighted by molar-refractivity contribution is 9.13. The van der Waals surface area contributed by atoms with Crippen LogP contribution in [0.4, 0.5) is 0 Å². The Hall–Kier alpha value is 0.530. The van der Waals surface area contributed by atoms with Gasteiger partial charge in [0.05, 0.1) is 8.48 Å². The summed E-state index contributed by atoms with van der Waals surface area (Å²) in [4.78, 5) is 1.37. The molecule has 3 heteroatoms. The molecule has 1 aliphatic rings. The highest BCUT2D eigenvalue weighted by Gasteiger charge is 2.40. The number of thioether (sulfide) groups is 1. The van der Waals surface area contributed by atoms with Crippen molar-refractivity contribution in [3.8, 4) is 0 Å². The smallest absolute Gasteiger partial charge is 0.0838 e. The lowest BCUT2D eigenvalue weighted by molar-refractivity contribution is 0.797. The predicted molar refractivity (Wildman–Crippen MR) is 61.3 cm³/mol. The second-order valence-electron chi connectivity index (χ2n) is 3.01. The van der Waals surface area contributed by atoms with Gasteiger partial charge < -0.3 is 0 Å². The summed E-state index contributed by atoms with van der Waals surface area (Å²) in [7, 11) is 0. The maximum Gasteiger partial charge on any atom is 0.0838 e. The van der Waals surface area contributed by atoms with Crippen molar-refractivity contribution in [1.82, 2.24) is 0 Å². The van der Waals surface area contributed by atoms with Gasteiger partial charge in [-0.3, -0.25) is 0 Å². The van der Waals surface area contributed by atoms with Crippen molar-refractivity contribution in [3.63, 3.8) is 0 Å². The third kappa shape index (κ3) is 1.26. The molecule has 0 nitrogen and oxygen atoms in total. The Kier molecular flexibility index (Phi) is 2.30. The fourth-order valence-electron chi connectivity index (χ4n) is 1.32. The molecular formula is C9H8Br2S. The van der Waals surface area contributed by atoms with Gasteiger partial charge in [-0.15, -0.1) is 11.8 Å². The Bertz CT molecular complexity index is 309. The first-order valence-corrected chi connectivity index (χ1v) is 6.30. The van der Waals surface area contributed by atoms with Crippen LogP contribution in [0, 0.1) is 0 Å². The zero-order chi connectivity index (χ0) is 8.77. The summed E-state index contributed by atoms with van der Waals surface area (Å²) < 4.78 is 0.510. The van der Waals surface area contributed by atoms with Crippen LogP contribution >= 0.6 is 43.6 Å². The summed E-state index contributed by atoms with van der Waals surface area (Å²) in [6.45, 7) is 2.20. The third-order valence-corrected chi connectivity index (χ3v) is 6.64. The summed E-state index contributed by atoms with van der Waals surface area (Å²) in [6.07, 6.45) is 0. The van der Waals surface area contributed by atoms with Crippen molar-refractivity contribution in [3.05, 3.63) is 29.8 Å². The molecule has 0 aromatic heterocycles. The molecule has 0 spiro atoms. The van der Waals surface area contributed by atoms with E-state index < -0.39 is 0 Å². The van der Waals surface area contributed by atoms with Crippen molar-refractivity contribution in [2.45, 2.75) is 20.3 Å². The van der Waals surface area contributed by atoms with Crippen LogP contribution < -0.4 is 0 Å². The van der Waals surface area contributed by atoms with Crippen LogP contribution in [0.3, 0.4) is 0 Å². The van der Waals surface area contributed by atoms with Crippen LogP contribution in [0.2, 0.25) is 0 Å². The molecule has 0 saturated heterocycles. The monoisotopic (exact) mass is 306 g/mol. The average Bonchev–Trinajstić information content (AvgIpc) is 2.25. The quantitative estimate of drug-likeness (QED) is 0.650. The highest BCUT2D eigenvalue weighted by Crippen LogP contribution is 2.55. The number of hydrogen-bond acceptors (Lipinski definition) is 1. The molecule has 2 unspecified atom stereocenters. The van der Waals surface area contributed by atoms with Gasteiger partial charge in [-0.2, -0.15) is 0 Å². The number of alkyl halides is 2. The molecule has 0 aliphatic carbocycles. The standard InChI is InChI=1S/C9H8Br2S/c1-9(11)6-4-2-3-5-7(6)12-8(9)10/h2-5,8H,1H3. The maximum absolute atomic E-state index is 3.74. The minimum absolute atomic E-state index is 0.0776. The SMILES string of the molecule is CC1(Br)c2ccccc2SC1Br. The largest absolute Gasteiger partial charge is 0.109 e. The van der Waals surface area contributed by atoms with Crippen LogP contribution in [-0.2, 0) is 4.32 Å². The Morgan fingerprint density at radius 1 is 1.42 bits per heavy atom. The Labute approximate surface area is 93.4 Å². The summed E-state index contributed by atoms with van der Waals surface area (Å²) in [5.41, 5.74) is 1.39. The normalized spacial score (nSPS) is 33.4. The number of rotatable bonds is 0. The van der Waals surface area contributed by atoms with Gasteiger partial charge in [-0.25, -0.2) is 0 Å². The first kappa shape index (κ1) is 9.10. The lowest BCUT2D eigenvalue weighted by Crippen LogP contribution is -2.17. The van der Waals surface area contributed by atoms with Crippen molar-refractivity contribution in [2.75, 3.05) is 0 Å². The Balaban J connectivity index is 2.55. The number of benzene rings is 1. The van der Waals surface area contributed by atoms with Crippen molar-refractivity contribution >= 4 is 43.6 Å². The van der Waals surface area contributed by atoms with E-state index in [1.807, 2.05) is 11.8 Å². The summed E-state index contributed by atoms with van der Waals surface area (Å²) in [5, 5.41) is 0. The van der Waals surface area contributed by atoms with E-state index in [1.165, 1.54) is 10.5 Å². The van der Waals surface area contributed by atoms with Crippen molar-refractivity contribution < 1.29 is 0 Å². The van der Waals surface area contributed by atoms with E-state index in [2.05, 4.69) is 63.0 Å². The van der Waals surface area contributed by atoms with Gasteiger partial charge in [0.1, 0.15) is 0 Å². The summed E-state index contributed by atoms with van der Waals surface area (Å²) in [6, 6.07) is 8.52. The average molecular weight is 308 g/mol. The second kappa shape index (κ2) is 3.03. The van der Waals surface area contributed by atoms with E-state index in [0.29, 0.717) is 4.16 Å². The lowest BCUT2D eigenvalue weighted by Gasteiger charge is -2.19. The fourth-order valence-corrected chi connectivity index (χ4v) is 4.06. The fraction of sp³-hybridized carbons (Fsp3) is 0.333. The molecule has 12 heavy (non-hydrogen) atoms. The molecule has 0 fully saturated rings. The molecule has 1 aliphatic heterocycles. The van der Waals surface area contributed by atoms with Gasteiger partial charge in [-0.05, 0) is 18.6 Å². The van der Waals surface area contributed by atoms with Gasteiger partial charge in [-0.1, -0.05) is 50.1 Å². The van der Waals surface area contributed by atoms with Crippen LogP contribution in [-0.4, -0.2) is 4.16 Å². The van der Waals surface area contributed by atoms with E-state index in [-0.39, 0.29) is 4.32 Å². The summed E-state index contributed by atoms with van der Waals surface area (Å²) >= 11 is 9.26. The van der Waals surface area contributed by atoms with Crippen LogP contribution in [0.5, 0.6) is 0 Å². The van der Waals surface area contributed by atoms with Gasteiger partial charge >= 0.3 is 0 Å². The zero-order valence-corrected chi connectivity index (χ0v) is 10.5. The number of fused-ring (bicyclic) bond motifs is 1. The molecule has 0 saturated carbocycles. The molecule has 1 aromatic carbocycles. The van der Waals surface area contributed by atoms with Gasteiger partial charge in [0.2, 0.25) is 0 Å². The van der Waals surface area contributed by atoms with E-state index >= 15 is 0 Å².